The van der Waals surface area contributed by atoms with Gasteiger partial charge in [-0.25, -0.2) is 4.98 Å². The molecule has 0 saturated carbocycles. The number of rotatable bonds is 8. The zero-order chi connectivity index (χ0) is 15.8. The fourth-order valence-electron chi connectivity index (χ4n) is 2.04. The first-order chi connectivity index (χ1) is 10.7. The minimum atomic E-state index is -0.496. The Kier molecular flexibility index (Phi) is 10.9. The van der Waals surface area contributed by atoms with Gasteiger partial charge in [0.2, 0.25) is 5.91 Å². The fraction of sp³-hybridized carbons (Fsp3) is 0.375. The van der Waals surface area contributed by atoms with Crippen LogP contribution in [0.15, 0.2) is 43.0 Å². The van der Waals surface area contributed by atoms with Crippen LogP contribution >= 0.6 is 24.8 Å². The first kappa shape index (κ1) is 22.2. The zero-order valence-corrected chi connectivity index (χ0v) is 15.2. The lowest BCUT2D eigenvalue weighted by Gasteiger charge is -2.15. The van der Waals surface area contributed by atoms with Gasteiger partial charge < -0.3 is 20.4 Å². The third kappa shape index (κ3) is 6.78. The number of para-hydroxylation sites is 2. The Hall–Kier alpha value is -1.76. The molecule has 0 aliphatic heterocycles. The van der Waals surface area contributed by atoms with E-state index in [1.54, 1.807) is 12.5 Å². The molecule has 1 atom stereocenters. The van der Waals surface area contributed by atoms with E-state index in [9.17, 15) is 4.79 Å². The Morgan fingerprint density at radius 2 is 2.12 bits per heavy atom. The van der Waals surface area contributed by atoms with E-state index in [2.05, 4.69) is 10.3 Å². The molecule has 8 heteroatoms. The van der Waals surface area contributed by atoms with Gasteiger partial charge in [-0.2, -0.15) is 0 Å². The molecule has 0 aliphatic rings. The molecular weight excluding hydrogens is 351 g/mol. The van der Waals surface area contributed by atoms with Crippen molar-refractivity contribution in [3.63, 3.8) is 0 Å². The summed E-state index contributed by atoms with van der Waals surface area (Å²) < 4.78 is 7.68. The van der Waals surface area contributed by atoms with Gasteiger partial charge in [0.25, 0.3) is 0 Å². The SMILES string of the molecule is CCCC(N)C(=O)Nc1ccccc1OCCn1ccnc1.Cl.Cl. The van der Waals surface area contributed by atoms with Crippen LogP contribution in [0.4, 0.5) is 5.69 Å². The van der Waals surface area contributed by atoms with Crippen molar-refractivity contribution in [2.75, 3.05) is 11.9 Å². The number of carbonyl (C=O) groups is 1. The van der Waals surface area contributed by atoms with Crippen molar-refractivity contribution in [1.82, 2.24) is 9.55 Å². The summed E-state index contributed by atoms with van der Waals surface area (Å²) in [5, 5.41) is 2.83. The van der Waals surface area contributed by atoms with Crippen molar-refractivity contribution in [1.29, 1.82) is 0 Å². The molecule has 6 nitrogen and oxygen atoms in total. The summed E-state index contributed by atoms with van der Waals surface area (Å²) in [6.45, 7) is 3.18. The first-order valence-corrected chi connectivity index (χ1v) is 7.44. The molecule has 1 unspecified atom stereocenters. The van der Waals surface area contributed by atoms with Gasteiger partial charge in [-0.3, -0.25) is 4.79 Å². The van der Waals surface area contributed by atoms with Crippen LogP contribution in [0.1, 0.15) is 19.8 Å². The molecule has 0 bridgehead atoms. The third-order valence-corrected chi connectivity index (χ3v) is 3.25. The molecule has 0 radical (unpaired) electrons. The maximum Gasteiger partial charge on any atom is 0.241 e. The van der Waals surface area contributed by atoms with E-state index >= 15 is 0 Å². The second-order valence-electron chi connectivity index (χ2n) is 5.03. The van der Waals surface area contributed by atoms with E-state index in [-0.39, 0.29) is 30.7 Å². The molecule has 2 rings (SSSR count). The summed E-state index contributed by atoms with van der Waals surface area (Å²) in [5.74, 6) is 0.451. The monoisotopic (exact) mass is 374 g/mol. The van der Waals surface area contributed by atoms with Crippen molar-refractivity contribution in [2.24, 2.45) is 5.73 Å². The van der Waals surface area contributed by atoms with E-state index in [1.807, 2.05) is 42.0 Å². The maximum atomic E-state index is 12.0. The van der Waals surface area contributed by atoms with Crippen molar-refractivity contribution in [3.05, 3.63) is 43.0 Å². The van der Waals surface area contributed by atoms with E-state index in [0.717, 1.165) is 6.42 Å². The van der Waals surface area contributed by atoms with Crippen molar-refractivity contribution in [3.8, 4) is 5.75 Å². The van der Waals surface area contributed by atoms with Crippen LogP contribution in [0.5, 0.6) is 5.75 Å². The maximum absolute atomic E-state index is 12.0. The molecule has 0 fully saturated rings. The minimum Gasteiger partial charge on any atom is -0.490 e. The Bertz CT molecular complexity index is 594. The fourth-order valence-corrected chi connectivity index (χ4v) is 2.04. The molecular formula is C16H24Cl2N4O2. The van der Waals surface area contributed by atoms with Gasteiger partial charge >= 0.3 is 0 Å². The van der Waals surface area contributed by atoms with Crippen LogP contribution in [0, 0.1) is 0 Å². The Morgan fingerprint density at radius 3 is 2.79 bits per heavy atom. The van der Waals surface area contributed by atoms with Gasteiger partial charge in [0, 0.05) is 12.4 Å². The second kappa shape index (κ2) is 11.7. The van der Waals surface area contributed by atoms with Crippen molar-refractivity contribution < 1.29 is 9.53 Å². The number of amides is 1. The van der Waals surface area contributed by atoms with E-state index in [0.29, 0.717) is 31.0 Å². The quantitative estimate of drug-likeness (QED) is 0.743. The minimum absolute atomic E-state index is 0. The number of ether oxygens (including phenoxy) is 1. The predicted molar refractivity (Wildman–Crippen MR) is 100 cm³/mol. The van der Waals surface area contributed by atoms with Crippen LogP contribution in [0.3, 0.4) is 0 Å². The third-order valence-electron chi connectivity index (χ3n) is 3.25. The highest BCUT2D eigenvalue weighted by Crippen LogP contribution is 2.24. The summed E-state index contributed by atoms with van der Waals surface area (Å²) in [6.07, 6.45) is 6.87. The smallest absolute Gasteiger partial charge is 0.241 e. The van der Waals surface area contributed by atoms with E-state index in [1.165, 1.54) is 0 Å². The first-order valence-electron chi connectivity index (χ1n) is 7.44. The van der Waals surface area contributed by atoms with Crippen LogP contribution in [-0.4, -0.2) is 28.1 Å². The number of benzene rings is 1. The zero-order valence-electron chi connectivity index (χ0n) is 13.6. The number of nitrogens with two attached hydrogens (primary N) is 1. The molecule has 0 saturated heterocycles. The summed E-state index contributed by atoms with van der Waals surface area (Å²) in [5.41, 5.74) is 6.47. The van der Waals surface area contributed by atoms with Gasteiger partial charge in [-0.15, -0.1) is 24.8 Å². The van der Waals surface area contributed by atoms with Crippen LogP contribution in [0.25, 0.3) is 0 Å². The number of carbonyl (C=O) groups excluding carboxylic acids is 1. The lowest BCUT2D eigenvalue weighted by atomic mass is 10.1. The Morgan fingerprint density at radius 1 is 1.38 bits per heavy atom. The highest BCUT2D eigenvalue weighted by atomic mass is 35.5. The van der Waals surface area contributed by atoms with Crippen LogP contribution in [0.2, 0.25) is 0 Å². The molecule has 1 heterocycles. The number of hydrogen-bond donors (Lipinski definition) is 2. The molecule has 24 heavy (non-hydrogen) atoms. The van der Waals surface area contributed by atoms with Crippen molar-refractivity contribution in [2.45, 2.75) is 32.4 Å². The average Bonchev–Trinajstić information content (AvgIpc) is 3.02. The summed E-state index contributed by atoms with van der Waals surface area (Å²) in [4.78, 5) is 16.0. The summed E-state index contributed by atoms with van der Waals surface area (Å²) in [7, 11) is 0. The van der Waals surface area contributed by atoms with E-state index in [4.69, 9.17) is 10.5 Å². The molecule has 3 N–H and O–H groups in total. The summed E-state index contributed by atoms with van der Waals surface area (Å²) >= 11 is 0. The van der Waals surface area contributed by atoms with Gasteiger partial charge in [-0.1, -0.05) is 25.5 Å². The number of anilines is 1. The number of nitrogens with zero attached hydrogens (tertiary/aromatic N) is 2. The number of hydrogen-bond acceptors (Lipinski definition) is 4. The molecule has 2 aromatic rings. The second-order valence-corrected chi connectivity index (χ2v) is 5.03. The average molecular weight is 375 g/mol. The van der Waals surface area contributed by atoms with Crippen molar-refractivity contribution >= 4 is 36.4 Å². The standard InChI is InChI=1S/C16H22N4O2.2ClH/c1-2-5-13(17)16(21)19-14-6-3-4-7-15(14)22-11-10-20-9-8-18-12-20;;/h3-4,6-9,12-13H,2,5,10-11,17H2,1H3,(H,19,21);2*1H. The van der Waals surface area contributed by atoms with Gasteiger partial charge in [0.05, 0.1) is 24.6 Å². The Balaban J connectivity index is 0.00000264. The molecule has 134 valence electrons. The topological polar surface area (TPSA) is 82.2 Å². The van der Waals surface area contributed by atoms with Gasteiger partial charge in [-0.05, 0) is 18.6 Å². The molecule has 1 amide bonds. The number of aromatic nitrogens is 2. The number of nitrogens with one attached hydrogen (secondary N) is 1. The Labute approximate surface area is 154 Å². The molecule has 0 aliphatic carbocycles. The number of halogens is 2. The van der Waals surface area contributed by atoms with E-state index < -0.39 is 6.04 Å². The summed E-state index contributed by atoms with van der Waals surface area (Å²) in [6, 6.07) is 6.86. The highest BCUT2D eigenvalue weighted by Gasteiger charge is 2.14. The normalized spacial score (nSPS) is 10.9. The van der Waals surface area contributed by atoms with Gasteiger partial charge in [0.15, 0.2) is 0 Å². The molecule has 1 aromatic heterocycles. The molecule has 1 aromatic carbocycles. The van der Waals surface area contributed by atoms with Crippen LogP contribution in [-0.2, 0) is 11.3 Å². The highest BCUT2D eigenvalue weighted by molar-refractivity contribution is 5.95. The lowest BCUT2D eigenvalue weighted by molar-refractivity contribution is -0.117. The van der Waals surface area contributed by atoms with Crippen LogP contribution < -0.4 is 15.8 Å². The van der Waals surface area contributed by atoms with Gasteiger partial charge in [0.1, 0.15) is 12.4 Å². The number of imidazole rings is 1. The lowest BCUT2D eigenvalue weighted by Crippen LogP contribution is -2.35. The largest absolute Gasteiger partial charge is 0.490 e. The molecule has 0 spiro atoms. The predicted octanol–water partition coefficient (Wildman–Crippen LogP) is 2.87.